The Hall–Kier alpha value is -0.300. The van der Waals surface area contributed by atoms with E-state index < -0.39 is 0 Å². The van der Waals surface area contributed by atoms with Crippen molar-refractivity contribution in [1.29, 1.82) is 0 Å². The molecule has 0 amide bonds. The Morgan fingerprint density at radius 1 is 1.42 bits per heavy atom. The molecule has 1 heteroatoms. The zero-order valence-corrected chi connectivity index (χ0v) is 9.02. The lowest BCUT2D eigenvalue weighted by Gasteiger charge is -2.29. The number of rotatable bonds is 4. The molecule has 0 aromatic carbocycles. The Kier molecular flexibility index (Phi) is 4.54. The average Bonchev–Trinajstić information content (AvgIpc) is 1.99. The van der Waals surface area contributed by atoms with Gasteiger partial charge in [0, 0.05) is 0 Å². The van der Waals surface area contributed by atoms with Gasteiger partial charge in [0.1, 0.15) is 0 Å². The molecular weight excluding hydrogens is 148 g/mol. The van der Waals surface area contributed by atoms with Crippen LogP contribution in [0.1, 0.15) is 41.0 Å². The normalized spacial score (nSPS) is 14.1. The van der Waals surface area contributed by atoms with Gasteiger partial charge in [-0.2, -0.15) is 0 Å². The van der Waals surface area contributed by atoms with E-state index in [-0.39, 0.29) is 12.0 Å². The monoisotopic (exact) mass is 170 g/mol. The van der Waals surface area contributed by atoms with Crippen LogP contribution in [0.15, 0.2) is 11.6 Å². The lowest BCUT2D eigenvalue weighted by atomic mass is 9.76. The lowest BCUT2D eigenvalue weighted by molar-refractivity contribution is 0.328. The fourth-order valence-corrected chi connectivity index (χ4v) is 1.60. The van der Waals surface area contributed by atoms with Crippen LogP contribution in [0.2, 0.25) is 0 Å². The smallest absolute Gasteiger partial charge is 0.0615 e. The van der Waals surface area contributed by atoms with Crippen LogP contribution in [0.3, 0.4) is 0 Å². The average molecular weight is 170 g/mol. The zero-order valence-electron chi connectivity index (χ0n) is 9.02. The third-order valence-corrected chi connectivity index (χ3v) is 2.60. The van der Waals surface area contributed by atoms with Crippen molar-refractivity contribution in [3.05, 3.63) is 11.6 Å². The number of hydrogen-bond donors (Lipinski definition) is 1. The van der Waals surface area contributed by atoms with Gasteiger partial charge in [-0.15, -0.1) is 0 Å². The van der Waals surface area contributed by atoms with Crippen LogP contribution in [-0.4, -0.2) is 11.7 Å². The zero-order chi connectivity index (χ0) is 9.78. The van der Waals surface area contributed by atoms with Crippen molar-refractivity contribution in [3.63, 3.8) is 0 Å². The summed E-state index contributed by atoms with van der Waals surface area (Å²) in [5, 5.41) is 8.87. The van der Waals surface area contributed by atoms with E-state index in [1.165, 1.54) is 5.57 Å². The summed E-state index contributed by atoms with van der Waals surface area (Å²) in [5.74, 6) is 0.534. The van der Waals surface area contributed by atoms with E-state index in [2.05, 4.69) is 34.6 Å². The largest absolute Gasteiger partial charge is 0.392 e. The molecule has 0 unspecified atom stereocenters. The summed E-state index contributed by atoms with van der Waals surface area (Å²) in [5.41, 5.74) is 1.60. The quantitative estimate of drug-likeness (QED) is 0.643. The Labute approximate surface area is 76.5 Å². The van der Waals surface area contributed by atoms with Crippen molar-refractivity contribution in [3.8, 4) is 0 Å². The molecule has 0 radical (unpaired) electrons. The first-order valence-electron chi connectivity index (χ1n) is 4.77. The van der Waals surface area contributed by atoms with Crippen molar-refractivity contribution in [2.75, 3.05) is 6.61 Å². The summed E-state index contributed by atoms with van der Waals surface area (Å²) in [6.45, 7) is 11.2. The Bertz CT molecular complexity index is 154. The summed E-state index contributed by atoms with van der Waals surface area (Å²) < 4.78 is 0. The van der Waals surface area contributed by atoms with Gasteiger partial charge in [-0.25, -0.2) is 0 Å². The molecule has 0 aliphatic carbocycles. The van der Waals surface area contributed by atoms with Crippen molar-refractivity contribution in [2.24, 2.45) is 11.3 Å². The van der Waals surface area contributed by atoms with E-state index in [4.69, 9.17) is 5.11 Å². The third-order valence-electron chi connectivity index (χ3n) is 2.60. The summed E-state index contributed by atoms with van der Waals surface area (Å²) in [7, 11) is 0. The lowest BCUT2D eigenvalue weighted by Crippen LogP contribution is -2.18. The predicted octanol–water partition coefficient (Wildman–Crippen LogP) is 3.00. The third kappa shape index (κ3) is 2.98. The summed E-state index contributed by atoms with van der Waals surface area (Å²) >= 11 is 0. The van der Waals surface area contributed by atoms with Gasteiger partial charge in [-0.3, -0.25) is 0 Å². The van der Waals surface area contributed by atoms with E-state index in [1.807, 2.05) is 6.08 Å². The molecule has 0 atom stereocenters. The molecule has 0 bridgehead atoms. The van der Waals surface area contributed by atoms with E-state index in [9.17, 15) is 0 Å². The van der Waals surface area contributed by atoms with E-state index in [0.717, 1.165) is 6.42 Å². The number of aliphatic hydroxyl groups excluding tert-OH is 1. The molecule has 12 heavy (non-hydrogen) atoms. The van der Waals surface area contributed by atoms with Crippen molar-refractivity contribution in [2.45, 2.75) is 41.0 Å². The molecule has 0 aliphatic rings. The standard InChI is InChI=1S/C11H22O/c1-6-11(4,5)10(7-8-12)9(2)3/h7,9,12H,6,8H2,1-5H3. The maximum Gasteiger partial charge on any atom is 0.0615 e. The van der Waals surface area contributed by atoms with E-state index in [1.54, 1.807) is 0 Å². The molecule has 0 spiro atoms. The minimum Gasteiger partial charge on any atom is -0.392 e. The highest BCUT2D eigenvalue weighted by Gasteiger charge is 2.22. The van der Waals surface area contributed by atoms with E-state index >= 15 is 0 Å². The Balaban J connectivity index is 4.62. The van der Waals surface area contributed by atoms with Crippen LogP contribution in [-0.2, 0) is 0 Å². The van der Waals surface area contributed by atoms with Crippen molar-refractivity contribution < 1.29 is 5.11 Å². The van der Waals surface area contributed by atoms with Gasteiger partial charge in [-0.1, -0.05) is 46.3 Å². The van der Waals surface area contributed by atoms with Gasteiger partial charge >= 0.3 is 0 Å². The Morgan fingerprint density at radius 3 is 2.17 bits per heavy atom. The fourth-order valence-electron chi connectivity index (χ4n) is 1.60. The minimum absolute atomic E-state index is 0.164. The molecule has 1 nitrogen and oxygen atoms in total. The molecule has 0 fully saturated rings. The highest BCUT2D eigenvalue weighted by molar-refractivity contribution is 5.14. The SMILES string of the molecule is CCC(C)(C)C(=CCO)C(C)C. The highest BCUT2D eigenvalue weighted by atomic mass is 16.2. The predicted molar refractivity (Wildman–Crippen MR) is 54.1 cm³/mol. The summed E-state index contributed by atoms with van der Waals surface area (Å²) in [6.07, 6.45) is 3.07. The Morgan fingerprint density at radius 2 is 1.92 bits per heavy atom. The van der Waals surface area contributed by atoms with Crippen LogP contribution in [0.5, 0.6) is 0 Å². The van der Waals surface area contributed by atoms with Gasteiger partial charge in [0.2, 0.25) is 0 Å². The molecular formula is C11H22O. The van der Waals surface area contributed by atoms with Crippen molar-refractivity contribution in [1.82, 2.24) is 0 Å². The fraction of sp³-hybridized carbons (Fsp3) is 0.818. The second-order valence-electron chi connectivity index (χ2n) is 4.23. The van der Waals surface area contributed by atoms with Crippen molar-refractivity contribution >= 4 is 0 Å². The van der Waals surface area contributed by atoms with Gasteiger partial charge in [0.25, 0.3) is 0 Å². The maximum atomic E-state index is 8.87. The maximum absolute atomic E-state index is 8.87. The molecule has 0 aromatic rings. The topological polar surface area (TPSA) is 20.2 Å². The second-order valence-corrected chi connectivity index (χ2v) is 4.23. The van der Waals surface area contributed by atoms with E-state index in [0.29, 0.717) is 5.92 Å². The molecule has 0 saturated heterocycles. The molecule has 0 rings (SSSR count). The molecule has 72 valence electrons. The van der Waals surface area contributed by atoms with Gasteiger partial charge in [-0.05, 0) is 17.8 Å². The first-order valence-corrected chi connectivity index (χ1v) is 4.77. The van der Waals surface area contributed by atoms with Crippen LogP contribution in [0, 0.1) is 11.3 Å². The number of allylic oxidation sites excluding steroid dienone is 1. The highest BCUT2D eigenvalue weighted by Crippen LogP contribution is 2.34. The second kappa shape index (κ2) is 4.66. The van der Waals surface area contributed by atoms with Gasteiger partial charge < -0.3 is 5.11 Å². The molecule has 1 N–H and O–H groups in total. The molecule has 0 saturated carbocycles. The first-order chi connectivity index (χ1) is 5.45. The van der Waals surface area contributed by atoms with Crippen LogP contribution in [0.25, 0.3) is 0 Å². The summed E-state index contributed by atoms with van der Waals surface area (Å²) in [6, 6.07) is 0. The number of aliphatic hydroxyl groups is 1. The molecule has 0 heterocycles. The summed E-state index contributed by atoms with van der Waals surface area (Å²) in [4.78, 5) is 0. The minimum atomic E-state index is 0.164. The van der Waals surface area contributed by atoms with Crippen LogP contribution in [0.4, 0.5) is 0 Å². The van der Waals surface area contributed by atoms with Gasteiger partial charge in [0.15, 0.2) is 0 Å². The van der Waals surface area contributed by atoms with Crippen LogP contribution >= 0.6 is 0 Å². The number of hydrogen-bond acceptors (Lipinski definition) is 1. The molecule has 0 aliphatic heterocycles. The molecule has 0 aromatic heterocycles. The first kappa shape index (κ1) is 11.7. The van der Waals surface area contributed by atoms with Crippen LogP contribution < -0.4 is 0 Å². The van der Waals surface area contributed by atoms with Gasteiger partial charge in [0.05, 0.1) is 6.61 Å².